The second-order valence-electron chi connectivity index (χ2n) is 6.46. The lowest BCUT2D eigenvalue weighted by Gasteiger charge is -2.21. The van der Waals surface area contributed by atoms with Crippen LogP contribution in [0.5, 0.6) is 5.75 Å². The van der Waals surface area contributed by atoms with Crippen molar-refractivity contribution in [2.24, 2.45) is 7.05 Å². The minimum Gasteiger partial charge on any atom is -0.491 e. The normalized spacial score (nSPS) is 13.8. The quantitative estimate of drug-likeness (QED) is 0.756. The summed E-state index contributed by atoms with van der Waals surface area (Å²) in [6.07, 6.45) is 6.59. The first kappa shape index (κ1) is 18.7. The summed E-state index contributed by atoms with van der Waals surface area (Å²) in [5.74, 6) is 0.524. The van der Waals surface area contributed by atoms with Crippen LogP contribution in [0.1, 0.15) is 31.9 Å². The molecule has 1 aromatic carbocycles. The average molecular weight is 343 g/mol. The molecule has 0 spiro atoms. The fourth-order valence-electron chi connectivity index (χ4n) is 2.22. The maximum absolute atomic E-state index is 12.0. The van der Waals surface area contributed by atoms with Crippen molar-refractivity contribution in [1.82, 2.24) is 15.1 Å². The molecule has 6 nitrogen and oxygen atoms in total. The molecule has 25 heavy (non-hydrogen) atoms. The summed E-state index contributed by atoms with van der Waals surface area (Å²) in [5.41, 5.74) is 0.374. The Balaban J connectivity index is 1.88. The molecule has 2 rings (SSSR count). The minimum atomic E-state index is -1.17. The lowest BCUT2D eigenvalue weighted by molar-refractivity contribution is -0.117. The van der Waals surface area contributed by atoms with Gasteiger partial charge in [0.1, 0.15) is 11.4 Å². The molecule has 0 saturated heterocycles. The predicted molar refractivity (Wildman–Crippen MR) is 97.0 cm³/mol. The molecule has 2 N–H and O–H groups in total. The van der Waals surface area contributed by atoms with Crippen LogP contribution in [0.3, 0.4) is 0 Å². The van der Waals surface area contributed by atoms with Crippen molar-refractivity contribution in [3.05, 3.63) is 53.9 Å². The first-order valence-corrected chi connectivity index (χ1v) is 8.20. The van der Waals surface area contributed by atoms with E-state index in [0.29, 0.717) is 5.56 Å². The SMILES string of the molecule is CC(C)Oc1ccc(C=CC(=O)NCC(C)(O)c2cnn(C)c2)cc1. The zero-order chi connectivity index (χ0) is 18.4. The number of nitrogens with zero attached hydrogens (tertiary/aromatic N) is 2. The Hall–Kier alpha value is -2.60. The number of carbonyl (C=O) groups excluding carboxylic acids is 1. The van der Waals surface area contributed by atoms with Gasteiger partial charge >= 0.3 is 0 Å². The van der Waals surface area contributed by atoms with Crippen molar-refractivity contribution in [2.45, 2.75) is 32.5 Å². The summed E-state index contributed by atoms with van der Waals surface area (Å²) in [5, 5.41) is 17.2. The molecule has 0 aliphatic heterocycles. The summed E-state index contributed by atoms with van der Waals surface area (Å²) in [7, 11) is 1.78. The highest BCUT2D eigenvalue weighted by molar-refractivity contribution is 5.91. The Bertz CT molecular complexity index is 731. The number of ether oxygens (including phenoxy) is 1. The first-order chi connectivity index (χ1) is 11.8. The van der Waals surface area contributed by atoms with Gasteiger partial charge < -0.3 is 15.2 Å². The highest BCUT2D eigenvalue weighted by Gasteiger charge is 2.24. The van der Waals surface area contributed by atoms with E-state index in [1.807, 2.05) is 38.1 Å². The number of carbonyl (C=O) groups is 1. The van der Waals surface area contributed by atoms with Gasteiger partial charge in [-0.1, -0.05) is 12.1 Å². The Kier molecular flexibility index (Phi) is 5.98. The smallest absolute Gasteiger partial charge is 0.244 e. The van der Waals surface area contributed by atoms with Crippen LogP contribution >= 0.6 is 0 Å². The van der Waals surface area contributed by atoms with Crippen molar-refractivity contribution >= 4 is 12.0 Å². The number of amides is 1. The highest BCUT2D eigenvalue weighted by Crippen LogP contribution is 2.18. The third-order valence-electron chi connectivity index (χ3n) is 3.61. The van der Waals surface area contributed by atoms with Crippen molar-refractivity contribution in [3.63, 3.8) is 0 Å². The summed E-state index contributed by atoms with van der Waals surface area (Å²) in [6, 6.07) is 7.50. The maximum atomic E-state index is 12.0. The van der Waals surface area contributed by atoms with Gasteiger partial charge in [-0.15, -0.1) is 0 Å². The fourth-order valence-corrected chi connectivity index (χ4v) is 2.22. The maximum Gasteiger partial charge on any atom is 0.244 e. The van der Waals surface area contributed by atoms with E-state index in [9.17, 15) is 9.90 Å². The van der Waals surface area contributed by atoms with Gasteiger partial charge in [0.15, 0.2) is 0 Å². The number of aryl methyl sites for hydroxylation is 1. The molecule has 1 aromatic heterocycles. The standard InChI is InChI=1S/C19H25N3O3/c1-14(2)25-17-8-5-15(6-9-17)7-10-18(23)20-13-19(3,24)16-11-21-22(4)12-16/h5-12,14,24H,13H2,1-4H3,(H,20,23). The number of nitrogens with one attached hydrogen (secondary N) is 1. The molecule has 1 atom stereocenters. The third kappa shape index (κ3) is 5.76. The lowest BCUT2D eigenvalue weighted by Crippen LogP contribution is -2.37. The van der Waals surface area contributed by atoms with Gasteiger partial charge in [-0.2, -0.15) is 5.10 Å². The van der Waals surface area contributed by atoms with E-state index in [-0.39, 0.29) is 18.6 Å². The number of benzene rings is 1. The molecule has 1 heterocycles. The van der Waals surface area contributed by atoms with Crippen LogP contribution in [0, 0.1) is 0 Å². The molecule has 6 heteroatoms. The van der Waals surface area contributed by atoms with Crippen LogP contribution in [0.2, 0.25) is 0 Å². The summed E-state index contributed by atoms with van der Waals surface area (Å²) in [6.45, 7) is 5.68. The molecule has 0 bridgehead atoms. The average Bonchev–Trinajstić information content (AvgIpc) is 2.99. The molecular weight excluding hydrogens is 318 g/mol. The molecule has 134 valence electrons. The van der Waals surface area contributed by atoms with Crippen molar-refractivity contribution in [1.29, 1.82) is 0 Å². The zero-order valence-corrected chi connectivity index (χ0v) is 15.1. The molecule has 1 unspecified atom stereocenters. The number of aromatic nitrogens is 2. The van der Waals surface area contributed by atoms with Gasteiger partial charge in [0.25, 0.3) is 0 Å². The van der Waals surface area contributed by atoms with Crippen molar-refractivity contribution in [3.8, 4) is 5.75 Å². The predicted octanol–water partition coefficient (Wildman–Crippen LogP) is 2.24. The van der Waals surface area contributed by atoms with Crippen molar-refractivity contribution < 1.29 is 14.6 Å². The van der Waals surface area contributed by atoms with E-state index in [1.165, 1.54) is 6.08 Å². The van der Waals surface area contributed by atoms with Gasteiger partial charge in [0.05, 0.1) is 18.8 Å². The first-order valence-electron chi connectivity index (χ1n) is 8.20. The molecule has 0 fully saturated rings. The Labute approximate surface area is 148 Å². The monoisotopic (exact) mass is 343 g/mol. The van der Waals surface area contributed by atoms with Gasteiger partial charge in [-0.05, 0) is 44.5 Å². The van der Waals surface area contributed by atoms with E-state index in [1.54, 1.807) is 37.1 Å². The van der Waals surface area contributed by atoms with Crippen molar-refractivity contribution in [2.75, 3.05) is 6.54 Å². The second-order valence-corrected chi connectivity index (χ2v) is 6.46. The number of aliphatic hydroxyl groups is 1. The molecule has 0 radical (unpaired) electrons. The molecule has 0 aliphatic carbocycles. The van der Waals surface area contributed by atoms with E-state index in [4.69, 9.17) is 4.74 Å². The Morgan fingerprint density at radius 2 is 2.08 bits per heavy atom. The van der Waals surface area contributed by atoms with E-state index >= 15 is 0 Å². The van der Waals surface area contributed by atoms with E-state index in [0.717, 1.165) is 11.3 Å². The van der Waals surface area contributed by atoms with Crippen LogP contribution in [0.15, 0.2) is 42.7 Å². The molecule has 0 aliphatic rings. The van der Waals surface area contributed by atoms with E-state index < -0.39 is 5.60 Å². The topological polar surface area (TPSA) is 76.4 Å². The fraction of sp³-hybridized carbons (Fsp3) is 0.368. The molecule has 1 amide bonds. The summed E-state index contributed by atoms with van der Waals surface area (Å²) >= 11 is 0. The largest absolute Gasteiger partial charge is 0.491 e. The number of rotatable bonds is 7. The number of hydrogen-bond donors (Lipinski definition) is 2. The molecular formula is C19H25N3O3. The highest BCUT2D eigenvalue weighted by atomic mass is 16.5. The Morgan fingerprint density at radius 3 is 2.64 bits per heavy atom. The summed E-state index contributed by atoms with van der Waals surface area (Å²) in [4.78, 5) is 12.0. The van der Waals surface area contributed by atoms with Gasteiger partial charge in [0, 0.05) is 24.9 Å². The minimum absolute atomic E-state index is 0.100. The second kappa shape index (κ2) is 7.98. The van der Waals surface area contributed by atoms with Crippen LogP contribution in [-0.4, -0.2) is 33.4 Å². The number of hydrogen-bond acceptors (Lipinski definition) is 4. The van der Waals surface area contributed by atoms with Crippen LogP contribution < -0.4 is 10.1 Å². The summed E-state index contributed by atoms with van der Waals surface area (Å²) < 4.78 is 7.19. The van der Waals surface area contributed by atoms with Crippen LogP contribution in [-0.2, 0) is 17.4 Å². The lowest BCUT2D eigenvalue weighted by atomic mass is 10.00. The van der Waals surface area contributed by atoms with Crippen LogP contribution in [0.4, 0.5) is 0 Å². The zero-order valence-electron chi connectivity index (χ0n) is 15.1. The van der Waals surface area contributed by atoms with Gasteiger partial charge in [0.2, 0.25) is 5.91 Å². The van der Waals surface area contributed by atoms with E-state index in [2.05, 4.69) is 10.4 Å². The van der Waals surface area contributed by atoms with Gasteiger partial charge in [-0.3, -0.25) is 9.48 Å². The van der Waals surface area contributed by atoms with Crippen LogP contribution in [0.25, 0.3) is 6.08 Å². The third-order valence-corrected chi connectivity index (χ3v) is 3.61. The van der Waals surface area contributed by atoms with Gasteiger partial charge in [-0.25, -0.2) is 0 Å². The Morgan fingerprint density at radius 1 is 1.40 bits per heavy atom. The molecule has 0 saturated carbocycles. The molecule has 2 aromatic rings.